The molecule has 0 radical (unpaired) electrons. The van der Waals surface area contributed by atoms with Crippen molar-refractivity contribution in [2.75, 3.05) is 5.75 Å². The summed E-state index contributed by atoms with van der Waals surface area (Å²) in [5.74, 6) is 0.500. The van der Waals surface area contributed by atoms with Crippen molar-refractivity contribution in [2.45, 2.75) is 37.5 Å². The van der Waals surface area contributed by atoms with Crippen LogP contribution in [-0.2, 0) is 4.79 Å². The molecule has 0 spiro atoms. The molecule has 0 bridgehead atoms. The molecule has 3 aromatic carbocycles. The summed E-state index contributed by atoms with van der Waals surface area (Å²) < 4.78 is 3.40. The molecule has 1 amide bonds. The van der Waals surface area contributed by atoms with E-state index >= 15 is 0 Å². The van der Waals surface area contributed by atoms with Crippen molar-refractivity contribution in [3.8, 4) is 5.69 Å². The molecule has 1 aliphatic rings. The first kappa shape index (κ1) is 24.2. The monoisotopic (exact) mass is 521 g/mol. The highest BCUT2D eigenvalue weighted by Gasteiger charge is 2.30. The number of carbonyl (C=O) groups excluding carboxylic acids is 1. The Morgan fingerprint density at radius 1 is 1.03 bits per heavy atom. The summed E-state index contributed by atoms with van der Waals surface area (Å²) in [6, 6.07) is 25.4. The Morgan fingerprint density at radius 3 is 2.37 bits per heavy atom. The number of carbonyl (C=O) groups is 1. The van der Waals surface area contributed by atoms with Crippen LogP contribution in [-0.4, -0.2) is 31.0 Å². The second-order valence-electron chi connectivity index (χ2n) is 9.64. The highest BCUT2D eigenvalue weighted by Crippen LogP contribution is 2.34. The van der Waals surface area contributed by atoms with Crippen LogP contribution >= 0.6 is 11.8 Å². The Labute approximate surface area is 224 Å². The van der Waals surface area contributed by atoms with Crippen molar-refractivity contribution < 1.29 is 4.79 Å². The zero-order valence-corrected chi connectivity index (χ0v) is 22.0. The first-order valence-corrected chi connectivity index (χ1v) is 13.6. The molecule has 1 unspecified atom stereocenters. The van der Waals surface area contributed by atoms with Gasteiger partial charge < -0.3 is 5.32 Å². The van der Waals surface area contributed by atoms with E-state index in [4.69, 9.17) is 4.98 Å². The zero-order chi connectivity index (χ0) is 26.2. The van der Waals surface area contributed by atoms with Gasteiger partial charge in [-0.1, -0.05) is 90.1 Å². The van der Waals surface area contributed by atoms with Crippen LogP contribution in [0.5, 0.6) is 0 Å². The lowest BCUT2D eigenvalue weighted by Gasteiger charge is -2.21. The summed E-state index contributed by atoms with van der Waals surface area (Å²) in [7, 11) is 0. The van der Waals surface area contributed by atoms with Crippen molar-refractivity contribution in [1.82, 2.24) is 24.6 Å². The Bertz CT molecular complexity index is 1660. The summed E-state index contributed by atoms with van der Waals surface area (Å²) in [6.45, 7) is 4.07. The molecule has 0 fully saturated rings. The second kappa shape index (κ2) is 9.95. The summed E-state index contributed by atoms with van der Waals surface area (Å²) in [4.78, 5) is 31.7. The predicted octanol–water partition coefficient (Wildman–Crippen LogP) is 5.14. The average molecular weight is 522 g/mol. The maximum Gasteiger partial charge on any atom is 0.265 e. The normalized spacial score (nSPS) is 14.7. The molecule has 1 atom stereocenters. The Balaban J connectivity index is 1.29. The standard InChI is InChI=1S/C30H27N5O2S/c1-19-13-14-25(20(2)15-19)35-28-24(17-31-35)29(37)34-23(18-38-30(34)33-28)16-26(36)32-27(21-9-5-3-6-10-21)22-11-7-4-8-12-22/h3-15,17,23,27H,16,18H2,1-2H3,(H,32,36). The lowest BCUT2D eigenvalue weighted by molar-refractivity contribution is -0.122. The Morgan fingerprint density at radius 2 is 1.71 bits per heavy atom. The van der Waals surface area contributed by atoms with Crippen LogP contribution in [0.25, 0.3) is 16.7 Å². The van der Waals surface area contributed by atoms with Gasteiger partial charge in [-0.05, 0) is 36.6 Å². The van der Waals surface area contributed by atoms with E-state index in [1.54, 1.807) is 15.4 Å². The number of nitrogens with zero attached hydrogens (tertiary/aromatic N) is 4. The largest absolute Gasteiger partial charge is 0.345 e. The van der Waals surface area contributed by atoms with Crippen LogP contribution in [0.2, 0.25) is 0 Å². The van der Waals surface area contributed by atoms with Crippen molar-refractivity contribution in [1.29, 1.82) is 0 Å². The maximum atomic E-state index is 13.6. The van der Waals surface area contributed by atoms with E-state index in [2.05, 4.69) is 16.5 Å². The van der Waals surface area contributed by atoms with Crippen LogP contribution in [0.15, 0.2) is 95.0 Å². The smallest absolute Gasteiger partial charge is 0.265 e. The number of thioether (sulfide) groups is 1. The fraction of sp³-hybridized carbons (Fsp3) is 0.200. The highest BCUT2D eigenvalue weighted by atomic mass is 32.2. The molecule has 0 aliphatic carbocycles. The minimum atomic E-state index is -0.281. The van der Waals surface area contributed by atoms with Crippen LogP contribution in [0, 0.1) is 13.8 Å². The molecule has 1 N–H and O–H groups in total. The third kappa shape index (κ3) is 4.41. The summed E-state index contributed by atoms with van der Waals surface area (Å²) in [6.07, 6.45) is 1.77. The number of rotatable bonds is 6. The SMILES string of the molecule is Cc1ccc(-n2ncc3c(=O)n4c(nc32)SCC4CC(=O)NC(c2ccccc2)c2ccccc2)c(C)c1. The van der Waals surface area contributed by atoms with Gasteiger partial charge in [0.15, 0.2) is 10.8 Å². The molecule has 190 valence electrons. The van der Waals surface area contributed by atoms with Gasteiger partial charge in [0.2, 0.25) is 5.91 Å². The Hall–Kier alpha value is -4.17. The first-order chi connectivity index (χ1) is 18.5. The van der Waals surface area contributed by atoms with Gasteiger partial charge in [-0.3, -0.25) is 14.2 Å². The molecule has 0 saturated heterocycles. The van der Waals surface area contributed by atoms with Gasteiger partial charge in [0.05, 0.1) is 24.0 Å². The number of amides is 1. The van der Waals surface area contributed by atoms with Crippen molar-refractivity contribution in [3.63, 3.8) is 0 Å². The number of aromatic nitrogens is 4. The minimum Gasteiger partial charge on any atom is -0.345 e. The van der Waals surface area contributed by atoms with Gasteiger partial charge in [-0.25, -0.2) is 9.67 Å². The molecule has 3 heterocycles. The molecule has 7 nitrogen and oxygen atoms in total. The van der Waals surface area contributed by atoms with Crippen molar-refractivity contribution in [2.24, 2.45) is 0 Å². The lowest BCUT2D eigenvalue weighted by Crippen LogP contribution is -2.33. The van der Waals surface area contributed by atoms with Gasteiger partial charge >= 0.3 is 0 Å². The maximum absolute atomic E-state index is 13.6. The minimum absolute atomic E-state index is 0.112. The second-order valence-corrected chi connectivity index (χ2v) is 10.6. The molecule has 8 heteroatoms. The number of nitrogens with one attached hydrogen (secondary N) is 1. The highest BCUT2D eigenvalue weighted by molar-refractivity contribution is 7.99. The zero-order valence-electron chi connectivity index (χ0n) is 21.2. The van der Waals surface area contributed by atoms with Crippen LogP contribution < -0.4 is 10.9 Å². The fourth-order valence-corrected chi connectivity index (χ4v) is 6.21. The first-order valence-electron chi connectivity index (χ1n) is 12.6. The van der Waals surface area contributed by atoms with Gasteiger partial charge in [0.25, 0.3) is 5.56 Å². The van der Waals surface area contributed by atoms with Crippen LogP contribution in [0.1, 0.15) is 40.8 Å². The van der Waals surface area contributed by atoms with Crippen molar-refractivity contribution in [3.05, 3.63) is 118 Å². The third-order valence-corrected chi connectivity index (χ3v) is 8.04. The molecule has 5 aromatic rings. The number of benzene rings is 3. The van der Waals surface area contributed by atoms with Gasteiger partial charge in [-0.15, -0.1) is 0 Å². The molecule has 0 saturated carbocycles. The van der Waals surface area contributed by atoms with Crippen LogP contribution in [0.3, 0.4) is 0 Å². The van der Waals surface area contributed by atoms with E-state index in [0.717, 1.165) is 27.9 Å². The summed E-state index contributed by atoms with van der Waals surface area (Å²) in [5.41, 5.74) is 5.51. The lowest BCUT2D eigenvalue weighted by atomic mass is 9.98. The van der Waals surface area contributed by atoms with E-state index < -0.39 is 0 Å². The fourth-order valence-electron chi connectivity index (χ4n) is 5.08. The Kier molecular flexibility index (Phi) is 6.33. The van der Waals surface area contributed by atoms with Crippen LogP contribution in [0.4, 0.5) is 0 Å². The summed E-state index contributed by atoms with van der Waals surface area (Å²) in [5, 5.41) is 8.77. The van der Waals surface area contributed by atoms with Gasteiger partial charge in [-0.2, -0.15) is 5.10 Å². The molecular weight excluding hydrogens is 494 g/mol. The molecule has 6 rings (SSSR count). The topological polar surface area (TPSA) is 81.8 Å². The molecule has 1 aliphatic heterocycles. The predicted molar refractivity (Wildman–Crippen MR) is 150 cm³/mol. The summed E-state index contributed by atoms with van der Waals surface area (Å²) >= 11 is 1.50. The van der Waals surface area contributed by atoms with E-state index in [0.29, 0.717) is 21.9 Å². The number of fused-ring (bicyclic) bond motifs is 2. The van der Waals surface area contributed by atoms with E-state index in [9.17, 15) is 9.59 Å². The molecule has 38 heavy (non-hydrogen) atoms. The van der Waals surface area contributed by atoms with E-state index in [-0.39, 0.29) is 30.0 Å². The average Bonchev–Trinajstić information content (AvgIpc) is 3.53. The number of hydrogen-bond acceptors (Lipinski definition) is 5. The van der Waals surface area contributed by atoms with E-state index in [1.807, 2.05) is 86.6 Å². The quantitative estimate of drug-likeness (QED) is 0.313. The van der Waals surface area contributed by atoms with Crippen molar-refractivity contribution >= 4 is 28.7 Å². The number of hydrogen-bond donors (Lipinski definition) is 1. The van der Waals surface area contributed by atoms with E-state index in [1.165, 1.54) is 11.8 Å². The number of aryl methyl sites for hydroxylation is 2. The van der Waals surface area contributed by atoms with Gasteiger partial charge in [0.1, 0.15) is 5.39 Å². The third-order valence-electron chi connectivity index (χ3n) is 6.94. The van der Waals surface area contributed by atoms with Gasteiger partial charge in [0, 0.05) is 12.2 Å². The molecule has 2 aromatic heterocycles. The molecular formula is C30H27N5O2S.